The molecule has 0 saturated heterocycles. The lowest BCUT2D eigenvalue weighted by molar-refractivity contribution is 0.137. The van der Waals surface area contributed by atoms with Gasteiger partial charge in [-0.05, 0) is 61.6 Å². The largest absolute Gasteiger partial charge is 0.449 e. The molecular weight excluding hydrogens is 318 g/mol. The van der Waals surface area contributed by atoms with Crippen LogP contribution in [0.5, 0.6) is 0 Å². The maximum atomic E-state index is 11.9. The standard InChI is InChI=1S/C19H21N3O3/c23-19(24-10-11-1-2-11)20-16-8-6-13-9-14(5-7-15(13)16)17-21-18(25-22-17)12-3-4-12/h5,7,9,11-12,16H,1-4,6,8,10H2,(H,20,23)/t16-/m1/s1. The van der Waals surface area contributed by atoms with Gasteiger partial charge in [0.05, 0.1) is 12.6 Å². The molecule has 6 heteroatoms. The molecule has 2 aromatic rings. The van der Waals surface area contributed by atoms with Gasteiger partial charge in [0.2, 0.25) is 11.7 Å². The minimum Gasteiger partial charge on any atom is -0.449 e. The monoisotopic (exact) mass is 339 g/mol. The van der Waals surface area contributed by atoms with Crippen LogP contribution in [0.3, 0.4) is 0 Å². The topological polar surface area (TPSA) is 77.3 Å². The first-order valence-electron chi connectivity index (χ1n) is 9.16. The van der Waals surface area contributed by atoms with Gasteiger partial charge in [0, 0.05) is 11.5 Å². The van der Waals surface area contributed by atoms with Gasteiger partial charge in [-0.2, -0.15) is 4.98 Å². The van der Waals surface area contributed by atoms with Gasteiger partial charge in [-0.15, -0.1) is 0 Å². The number of hydrogen-bond donors (Lipinski definition) is 1. The molecule has 0 spiro atoms. The molecule has 130 valence electrons. The van der Waals surface area contributed by atoms with Gasteiger partial charge < -0.3 is 14.6 Å². The SMILES string of the molecule is O=C(N[C@@H]1CCc2cc(-c3noc(C4CC4)n3)ccc21)OCC1CC1. The molecule has 0 bridgehead atoms. The summed E-state index contributed by atoms with van der Waals surface area (Å²) in [7, 11) is 0. The number of nitrogens with one attached hydrogen (secondary N) is 1. The number of rotatable bonds is 5. The van der Waals surface area contributed by atoms with E-state index >= 15 is 0 Å². The minimum atomic E-state index is -0.305. The van der Waals surface area contributed by atoms with Crippen LogP contribution >= 0.6 is 0 Å². The van der Waals surface area contributed by atoms with Crippen LogP contribution in [0.1, 0.15) is 61.1 Å². The summed E-state index contributed by atoms with van der Waals surface area (Å²) in [6.45, 7) is 0.547. The number of carbonyl (C=O) groups is 1. The lowest BCUT2D eigenvalue weighted by Crippen LogP contribution is -2.28. The fourth-order valence-corrected chi connectivity index (χ4v) is 3.42. The summed E-state index contributed by atoms with van der Waals surface area (Å²) < 4.78 is 10.6. The Hall–Kier alpha value is -2.37. The third-order valence-corrected chi connectivity index (χ3v) is 5.29. The summed E-state index contributed by atoms with van der Waals surface area (Å²) >= 11 is 0. The van der Waals surface area contributed by atoms with Gasteiger partial charge in [0.1, 0.15) is 0 Å². The fraction of sp³-hybridized carbons (Fsp3) is 0.526. The molecule has 3 aliphatic carbocycles. The van der Waals surface area contributed by atoms with Crippen LogP contribution in [0.15, 0.2) is 22.7 Å². The molecule has 0 radical (unpaired) electrons. The maximum Gasteiger partial charge on any atom is 0.407 e. The first-order valence-corrected chi connectivity index (χ1v) is 9.16. The molecular formula is C19H21N3O3. The van der Waals surface area contributed by atoms with E-state index in [9.17, 15) is 4.79 Å². The summed E-state index contributed by atoms with van der Waals surface area (Å²) in [5.74, 6) is 2.46. The van der Waals surface area contributed by atoms with E-state index < -0.39 is 0 Å². The third-order valence-electron chi connectivity index (χ3n) is 5.29. The van der Waals surface area contributed by atoms with Crippen molar-refractivity contribution in [1.82, 2.24) is 15.5 Å². The molecule has 2 fully saturated rings. The number of carbonyl (C=O) groups excluding carboxylic acids is 1. The second-order valence-corrected chi connectivity index (χ2v) is 7.42. The number of nitrogens with zero attached hydrogens (tertiary/aromatic N) is 2. The zero-order valence-electron chi connectivity index (χ0n) is 14.0. The van der Waals surface area contributed by atoms with Crippen molar-refractivity contribution in [3.63, 3.8) is 0 Å². The van der Waals surface area contributed by atoms with Crippen LogP contribution < -0.4 is 5.32 Å². The number of hydrogen-bond acceptors (Lipinski definition) is 5. The fourth-order valence-electron chi connectivity index (χ4n) is 3.42. The molecule has 0 unspecified atom stereocenters. The van der Waals surface area contributed by atoms with Gasteiger partial charge in [-0.3, -0.25) is 0 Å². The molecule has 1 aromatic heterocycles. The lowest BCUT2D eigenvalue weighted by Gasteiger charge is -2.14. The number of aromatic nitrogens is 2. The molecule has 1 heterocycles. The van der Waals surface area contributed by atoms with E-state index in [0.717, 1.165) is 42.7 Å². The van der Waals surface area contributed by atoms with E-state index in [0.29, 0.717) is 24.3 Å². The molecule has 5 rings (SSSR count). The molecule has 25 heavy (non-hydrogen) atoms. The maximum absolute atomic E-state index is 11.9. The van der Waals surface area contributed by atoms with Crippen LogP contribution in [0.2, 0.25) is 0 Å². The Morgan fingerprint density at radius 2 is 2.12 bits per heavy atom. The van der Waals surface area contributed by atoms with Crippen molar-refractivity contribution in [1.29, 1.82) is 0 Å². The van der Waals surface area contributed by atoms with E-state index in [4.69, 9.17) is 9.26 Å². The summed E-state index contributed by atoms with van der Waals surface area (Å²) in [4.78, 5) is 16.5. The second-order valence-electron chi connectivity index (χ2n) is 7.42. The predicted molar refractivity (Wildman–Crippen MR) is 90.0 cm³/mol. The van der Waals surface area contributed by atoms with Gasteiger partial charge in [-0.25, -0.2) is 4.79 Å². The highest BCUT2D eigenvalue weighted by Gasteiger charge is 2.30. The quantitative estimate of drug-likeness (QED) is 0.898. The van der Waals surface area contributed by atoms with Crippen molar-refractivity contribution in [2.24, 2.45) is 5.92 Å². The summed E-state index contributed by atoms with van der Waals surface area (Å²) in [5, 5.41) is 7.11. The average molecular weight is 339 g/mol. The Morgan fingerprint density at radius 1 is 1.24 bits per heavy atom. The van der Waals surface area contributed by atoms with Crippen molar-refractivity contribution in [2.75, 3.05) is 6.61 Å². The van der Waals surface area contributed by atoms with Gasteiger partial charge in [-0.1, -0.05) is 17.3 Å². The molecule has 1 amide bonds. The van der Waals surface area contributed by atoms with Crippen LogP contribution in [-0.4, -0.2) is 22.8 Å². The van der Waals surface area contributed by atoms with Crippen LogP contribution in [-0.2, 0) is 11.2 Å². The first kappa shape index (κ1) is 14.9. The van der Waals surface area contributed by atoms with E-state index in [2.05, 4.69) is 27.6 Å². The van der Waals surface area contributed by atoms with E-state index in [1.165, 1.54) is 18.4 Å². The highest BCUT2D eigenvalue weighted by atomic mass is 16.5. The molecule has 2 saturated carbocycles. The first-order chi connectivity index (χ1) is 12.3. The Balaban J connectivity index is 1.28. The Bertz CT molecular complexity index is 808. The van der Waals surface area contributed by atoms with Crippen molar-refractivity contribution in [3.8, 4) is 11.4 Å². The van der Waals surface area contributed by atoms with E-state index in [1.54, 1.807) is 0 Å². The Labute approximate surface area is 145 Å². The molecule has 0 aliphatic heterocycles. The molecule has 1 aromatic carbocycles. The van der Waals surface area contributed by atoms with Gasteiger partial charge >= 0.3 is 6.09 Å². The Kier molecular flexibility index (Phi) is 3.50. The predicted octanol–water partition coefficient (Wildman–Crippen LogP) is 3.74. The molecule has 1 N–H and O–H groups in total. The minimum absolute atomic E-state index is 0.0306. The molecule has 3 aliphatic rings. The highest BCUT2D eigenvalue weighted by Crippen LogP contribution is 2.40. The van der Waals surface area contributed by atoms with Crippen molar-refractivity contribution in [2.45, 2.75) is 50.5 Å². The van der Waals surface area contributed by atoms with Crippen molar-refractivity contribution in [3.05, 3.63) is 35.2 Å². The van der Waals surface area contributed by atoms with Crippen LogP contribution in [0.25, 0.3) is 11.4 Å². The summed E-state index contributed by atoms with van der Waals surface area (Å²) in [6.07, 6.45) is 6.19. The highest BCUT2D eigenvalue weighted by molar-refractivity contribution is 5.68. The lowest BCUT2D eigenvalue weighted by atomic mass is 10.0. The normalized spacial score (nSPS) is 21.8. The second kappa shape index (κ2) is 5.86. The average Bonchev–Trinajstić information content (AvgIpc) is 3.55. The smallest absolute Gasteiger partial charge is 0.407 e. The number of fused-ring (bicyclic) bond motifs is 1. The van der Waals surface area contributed by atoms with E-state index in [1.807, 2.05) is 6.07 Å². The Morgan fingerprint density at radius 3 is 2.92 bits per heavy atom. The number of ether oxygens (including phenoxy) is 1. The summed E-state index contributed by atoms with van der Waals surface area (Å²) in [5.41, 5.74) is 3.38. The number of aryl methyl sites for hydroxylation is 1. The number of alkyl carbamates (subject to hydrolysis) is 1. The van der Waals surface area contributed by atoms with E-state index in [-0.39, 0.29) is 12.1 Å². The van der Waals surface area contributed by atoms with Crippen LogP contribution in [0, 0.1) is 5.92 Å². The molecule has 6 nitrogen and oxygen atoms in total. The van der Waals surface area contributed by atoms with Crippen molar-refractivity contribution < 1.29 is 14.1 Å². The zero-order chi connectivity index (χ0) is 16.8. The van der Waals surface area contributed by atoms with Crippen LogP contribution in [0.4, 0.5) is 4.79 Å². The zero-order valence-corrected chi connectivity index (χ0v) is 14.0. The summed E-state index contributed by atoms with van der Waals surface area (Å²) in [6, 6.07) is 6.23. The third kappa shape index (κ3) is 3.13. The number of benzene rings is 1. The molecule has 1 atom stereocenters. The number of amides is 1. The van der Waals surface area contributed by atoms with Gasteiger partial charge in [0.15, 0.2) is 0 Å². The van der Waals surface area contributed by atoms with Crippen molar-refractivity contribution >= 4 is 6.09 Å². The van der Waals surface area contributed by atoms with Gasteiger partial charge in [0.25, 0.3) is 0 Å².